The zero-order chi connectivity index (χ0) is 17.5. The molecular formula is C15H26N4O3S. The normalized spacial score (nSPS) is 11.5. The molecule has 0 radical (unpaired) electrons. The molecule has 3 N–H and O–H groups in total. The summed E-state index contributed by atoms with van der Waals surface area (Å²) in [6.45, 7) is 3.36. The summed E-state index contributed by atoms with van der Waals surface area (Å²) in [4.78, 5) is 12.2. The number of amides is 1. The summed E-state index contributed by atoms with van der Waals surface area (Å²) in [7, 11) is 1.24. The van der Waals surface area contributed by atoms with Crippen molar-refractivity contribution < 1.29 is 13.2 Å². The maximum Gasteiger partial charge on any atom is 0.242 e. The number of rotatable bonds is 9. The van der Waals surface area contributed by atoms with Crippen molar-refractivity contribution in [2.75, 3.05) is 44.9 Å². The van der Waals surface area contributed by atoms with Crippen LogP contribution in [-0.2, 0) is 14.8 Å². The molecule has 8 heteroatoms. The Bertz CT molecular complexity index is 630. The van der Waals surface area contributed by atoms with Crippen LogP contribution in [0, 0.1) is 0 Å². The lowest BCUT2D eigenvalue weighted by atomic mass is 10.2. The van der Waals surface area contributed by atoms with E-state index in [1.165, 1.54) is 26.2 Å². The summed E-state index contributed by atoms with van der Waals surface area (Å²) in [5.41, 5.74) is 1.18. The van der Waals surface area contributed by atoms with Gasteiger partial charge in [-0.25, -0.2) is 12.7 Å². The summed E-state index contributed by atoms with van der Waals surface area (Å²) >= 11 is 0. The Hall–Kier alpha value is -1.64. The van der Waals surface area contributed by atoms with Crippen LogP contribution in [0.2, 0.25) is 0 Å². The molecule has 1 aromatic carbocycles. The number of carbonyl (C=O) groups is 1. The fraction of sp³-hybridized carbons (Fsp3) is 0.533. The predicted molar refractivity (Wildman–Crippen MR) is 93.3 cm³/mol. The average Bonchev–Trinajstić information content (AvgIpc) is 2.49. The van der Waals surface area contributed by atoms with Gasteiger partial charge in [0.25, 0.3) is 0 Å². The van der Waals surface area contributed by atoms with Crippen molar-refractivity contribution in [1.29, 1.82) is 0 Å². The van der Waals surface area contributed by atoms with Gasteiger partial charge in [0.15, 0.2) is 0 Å². The first-order valence-corrected chi connectivity index (χ1v) is 9.01. The van der Waals surface area contributed by atoms with Gasteiger partial charge >= 0.3 is 0 Å². The van der Waals surface area contributed by atoms with E-state index in [4.69, 9.17) is 0 Å². The van der Waals surface area contributed by atoms with Crippen LogP contribution in [-0.4, -0.2) is 52.9 Å². The molecule has 0 spiro atoms. The number of sulfonamides is 1. The lowest BCUT2D eigenvalue weighted by Gasteiger charge is -2.16. The van der Waals surface area contributed by atoms with Crippen molar-refractivity contribution in [2.45, 2.75) is 24.7 Å². The molecule has 7 nitrogen and oxygen atoms in total. The van der Waals surface area contributed by atoms with Crippen LogP contribution in [0.3, 0.4) is 0 Å². The number of hydrogen-bond acceptors (Lipinski definition) is 5. The Morgan fingerprint density at radius 3 is 2.48 bits per heavy atom. The topological polar surface area (TPSA) is 90.5 Å². The molecule has 130 valence electrons. The second-order valence-electron chi connectivity index (χ2n) is 5.28. The molecule has 0 unspecified atom stereocenters. The molecule has 1 amide bonds. The van der Waals surface area contributed by atoms with Gasteiger partial charge in [0.2, 0.25) is 15.9 Å². The average molecular weight is 342 g/mol. The minimum atomic E-state index is -3.54. The third kappa shape index (κ3) is 5.49. The molecule has 0 aliphatic carbocycles. The van der Waals surface area contributed by atoms with Gasteiger partial charge in [-0.05, 0) is 45.1 Å². The predicted octanol–water partition coefficient (Wildman–Crippen LogP) is 1.31. The Balaban J connectivity index is 3.04. The zero-order valence-corrected chi connectivity index (χ0v) is 15.0. The number of carbonyl (C=O) groups excluding carboxylic acids is 1. The summed E-state index contributed by atoms with van der Waals surface area (Å²) in [6.07, 6.45) is 1.09. The van der Waals surface area contributed by atoms with Crippen LogP contribution >= 0.6 is 0 Å². The standard InChI is InChI=1S/C15H26N4O3S/c1-5-17-13-9-8-12(23(21,22)19(3)4)11-14(13)18-15(20)7-6-10-16-2/h8-9,11,16-17H,5-7,10H2,1-4H3,(H,18,20). The van der Waals surface area contributed by atoms with Crippen molar-refractivity contribution in [2.24, 2.45) is 0 Å². The first-order chi connectivity index (χ1) is 10.8. The Labute approximate surface area is 138 Å². The summed E-state index contributed by atoms with van der Waals surface area (Å²) < 4.78 is 25.6. The molecule has 1 aromatic rings. The molecule has 0 atom stereocenters. The van der Waals surface area contributed by atoms with E-state index in [0.717, 1.165) is 10.8 Å². The minimum absolute atomic E-state index is 0.140. The van der Waals surface area contributed by atoms with E-state index in [1.807, 2.05) is 14.0 Å². The highest BCUT2D eigenvalue weighted by molar-refractivity contribution is 7.89. The molecule has 0 saturated heterocycles. The van der Waals surface area contributed by atoms with Gasteiger partial charge in [0.05, 0.1) is 16.3 Å². The molecule has 0 aliphatic rings. The van der Waals surface area contributed by atoms with Gasteiger partial charge in [-0.1, -0.05) is 0 Å². The molecule has 1 rings (SSSR count). The van der Waals surface area contributed by atoms with Crippen molar-refractivity contribution in [3.8, 4) is 0 Å². The number of nitrogens with zero attached hydrogens (tertiary/aromatic N) is 1. The molecule has 0 fully saturated rings. The van der Waals surface area contributed by atoms with Gasteiger partial charge in [-0.15, -0.1) is 0 Å². The van der Waals surface area contributed by atoms with Crippen LogP contribution in [0.25, 0.3) is 0 Å². The fourth-order valence-corrected chi connectivity index (χ4v) is 2.91. The molecule has 0 aliphatic heterocycles. The lowest BCUT2D eigenvalue weighted by molar-refractivity contribution is -0.116. The van der Waals surface area contributed by atoms with E-state index in [-0.39, 0.29) is 10.8 Å². The first kappa shape index (κ1) is 19.4. The van der Waals surface area contributed by atoms with Gasteiger partial charge in [0, 0.05) is 27.1 Å². The number of benzene rings is 1. The van der Waals surface area contributed by atoms with Crippen molar-refractivity contribution in [1.82, 2.24) is 9.62 Å². The number of nitrogens with one attached hydrogen (secondary N) is 3. The highest BCUT2D eigenvalue weighted by Crippen LogP contribution is 2.26. The second kappa shape index (κ2) is 8.85. The van der Waals surface area contributed by atoms with Gasteiger partial charge in [0.1, 0.15) is 0 Å². The largest absolute Gasteiger partial charge is 0.384 e. The zero-order valence-electron chi connectivity index (χ0n) is 14.1. The highest BCUT2D eigenvalue weighted by atomic mass is 32.2. The molecule has 23 heavy (non-hydrogen) atoms. The summed E-state index contributed by atoms with van der Waals surface area (Å²) in [5.74, 6) is -0.140. The van der Waals surface area contributed by atoms with E-state index in [0.29, 0.717) is 30.8 Å². The van der Waals surface area contributed by atoms with Gasteiger partial charge in [-0.2, -0.15) is 0 Å². The Kier molecular flexibility index (Phi) is 7.47. The second-order valence-corrected chi connectivity index (χ2v) is 7.43. The van der Waals surface area contributed by atoms with Gasteiger partial charge < -0.3 is 16.0 Å². The quantitative estimate of drug-likeness (QED) is 0.589. The van der Waals surface area contributed by atoms with Gasteiger partial charge in [-0.3, -0.25) is 4.79 Å². The van der Waals surface area contributed by atoms with Crippen LogP contribution in [0.5, 0.6) is 0 Å². The molecule has 0 bridgehead atoms. The summed E-state index contributed by atoms with van der Waals surface area (Å²) in [5, 5.41) is 8.90. The van der Waals surface area contributed by atoms with E-state index in [1.54, 1.807) is 6.07 Å². The molecular weight excluding hydrogens is 316 g/mol. The monoisotopic (exact) mass is 342 g/mol. The fourth-order valence-electron chi connectivity index (χ4n) is 1.98. The Morgan fingerprint density at radius 1 is 1.22 bits per heavy atom. The molecule has 0 heterocycles. The molecule has 0 aromatic heterocycles. The van der Waals surface area contributed by atoms with E-state index >= 15 is 0 Å². The van der Waals surface area contributed by atoms with Crippen molar-refractivity contribution in [3.63, 3.8) is 0 Å². The van der Waals surface area contributed by atoms with Crippen molar-refractivity contribution in [3.05, 3.63) is 18.2 Å². The third-order valence-corrected chi connectivity index (χ3v) is 5.05. The highest BCUT2D eigenvalue weighted by Gasteiger charge is 2.19. The maximum atomic E-state index is 12.2. The SMILES string of the molecule is CCNc1ccc(S(=O)(=O)N(C)C)cc1NC(=O)CCCNC. The van der Waals surface area contributed by atoms with Crippen LogP contribution in [0.15, 0.2) is 23.1 Å². The first-order valence-electron chi connectivity index (χ1n) is 7.57. The van der Waals surface area contributed by atoms with E-state index < -0.39 is 10.0 Å². The lowest BCUT2D eigenvalue weighted by Crippen LogP contribution is -2.23. The maximum absolute atomic E-state index is 12.2. The van der Waals surface area contributed by atoms with E-state index in [2.05, 4.69) is 16.0 Å². The Morgan fingerprint density at radius 2 is 1.91 bits per heavy atom. The molecule has 0 saturated carbocycles. The van der Waals surface area contributed by atoms with Crippen molar-refractivity contribution >= 4 is 27.3 Å². The number of anilines is 2. The van der Waals surface area contributed by atoms with Crippen LogP contribution < -0.4 is 16.0 Å². The smallest absolute Gasteiger partial charge is 0.242 e. The van der Waals surface area contributed by atoms with E-state index in [9.17, 15) is 13.2 Å². The number of hydrogen-bond donors (Lipinski definition) is 3. The summed E-state index contributed by atoms with van der Waals surface area (Å²) in [6, 6.07) is 4.69. The van der Waals surface area contributed by atoms with Crippen LogP contribution in [0.1, 0.15) is 19.8 Å². The third-order valence-electron chi connectivity index (χ3n) is 3.24. The van der Waals surface area contributed by atoms with Crippen LogP contribution in [0.4, 0.5) is 11.4 Å². The minimum Gasteiger partial charge on any atom is -0.384 e.